The van der Waals surface area contributed by atoms with Gasteiger partial charge >= 0.3 is 6.03 Å². The van der Waals surface area contributed by atoms with Gasteiger partial charge < -0.3 is 5.32 Å². The molecule has 0 aromatic heterocycles. The Hall–Kier alpha value is -1.06. The highest BCUT2D eigenvalue weighted by molar-refractivity contribution is 8.24. The molecule has 4 N–H and O–H groups in total. The third-order valence-electron chi connectivity index (χ3n) is 2.96. The molecule has 1 aliphatic rings. The predicted molar refractivity (Wildman–Crippen MR) is 88.2 cm³/mol. The zero-order valence-corrected chi connectivity index (χ0v) is 13.8. The van der Waals surface area contributed by atoms with Gasteiger partial charge in [0.05, 0.1) is 4.75 Å². The Kier molecular flexibility index (Phi) is 4.64. The minimum Gasteiger partial charge on any atom is -0.306 e. The maximum Gasteiger partial charge on any atom is 0.347 e. The van der Waals surface area contributed by atoms with Crippen LogP contribution in [0.4, 0.5) is 10.5 Å². The van der Waals surface area contributed by atoms with Crippen molar-refractivity contribution in [2.75, 3.05) is 5.32 Å². The molecule has 1 atom stereocenters. The van der Waals surface area contributed by atoms with Gasteiger partial charge in [0.1, 0.15) is 0 Å². The van der Waals surface area contributed by atoms with Crippen molar-refractivity contribution in [3.8, 4) is 0 Å². The third kappa shape index (κ3) is 3.41. The Morgan fingerprint density at radius 2 is 2.29 bits per heavy atom. The Labute approximate surface area is 137 Å². The van der Waals surface area contributed by atoms with Crippen LogP contribution in [0.25, 0.3) is 0 Å². The monoisotopic (exact) mass is 346 g/mol. The summed E-state index contributed by atoms with van der Waals surface area (Å²) in [6, 6.07) is 5.91. The molecule has 0 spiro atoms. The van der Waals surface area contributed by atoms with E-state index in [-0.39, 0.29) is 0 Å². The normalized spacial score (nSPS) is 20.5. The molecule has 9 heteroatoms. The van der Waals surface area contributed by atoms with Crippen molar-refractivity contribution in [1.82, 2.24) is 10.1 Å². The first-order chi connectivity index (χ1) is 9.72. The van der Waals surface area contributed by atoms with E-state index in [0.717, 1.165) is 0 Å². The Bertz CT molecular complexity index is 584. The minimum atomic E-state index is -0.769. The van der Waals surface area contributed by atoms with Crippen LogP contribution in [-0.2, 0) is 0 Å². The molecule has 1 aliphatic heterocycles. The highest BCUT2D eigenvalue weighted by atomic mass is 35.5. The quantitative estimate of drug-likeness (QED) is 0.330. The summed E-state index contributed by atoms with van der Waals surface area (Å²) in [4.78, 5) is 12.1. The average molecular weight is 347 g/mol. The number of thiocarbonyl (C=S) groups is 1. The number of hydrazine groups is 1. The van der Waals surface area contributed by atoms with Crippen LogP contribution in [0.1, 0.15) is 13.8 Å². The SMILES string of the molecule is CC1(C)SC(=S)N(N)C1N(O)C(=O)Nc1cccc(Cl)c1. The fourth-order valence-electron chi connectivity index (χ4n) is 2.04. The molecule has 2 rings (SSSR count). The zero-order chi connectivity index (χ0) is 15.8. The molecular weight excluding hydrogens is 332 g/mol. The standard InChI is InChI=1S/C12H15ClN4O2S2/c1-12(2)9(16(14)11(20)21-12)17(19)10(18)15-8-5-3-4-7(13)6-8/h3-6,9,19H,14H2,1-2H3,(H,15,18). The summed E-state index contributed by atoms with van der Waals surface area (Å²) >= 11 is 12.3. The number of carbonyl (C=O) groups excluding carboxylic acids is 1. The number of carbonyl (C=O) groups is 1. The number of hydrogen-bond donors (Lipinski definition) is 3. The number of nitrogens with one attached hydrogen (secondary N) is 1. The molecule has 0 aliphatic carbocycles. The number of hydrogen-bond acceptors (Lipinski definition) is 5. The second kappa shape index (κ2) is 5.98. The maximum atomic E-state index is 12.1. The molecule has 114 valence electrons. The zero-order valence-electron chi connectivity index (χ0n) is 11.4. The second-order valence-electron chi connectivity index (χ2n) is 5.04. The lowest BCUT2D eigenvalue weighted by atomic mass is 10.1. The molecule has 1 aromatic carbocycles. The molecule has 0 radical (unpaired) electrons. The molecular formula is C12H15ClN4O2S2. The van der Waals surface area contributed by atoms with Crippen LogP contribution >= 0.6 is 35.6 Å². The van der Waals surface area contributed by atoms with Gasteiger partial charge in [-0.3, -0.25) is 10.2 Å². The summed E-state index contributed by atoms with van der Waals surface area (Å²) in [6.07, 6.45) is -0.769. The lowest BCUT2D eigenvalue weighted by Crippen LogP contribution is -2.57. The number of halogens is 1. The van der Waals surface area contributed by atoms with Gasteiger partial charge in [0.25, 0.3) is 0 Å². The van der Waals surface area contributed by atoms with Crippen LogP contribution in [0, 0.1) is 0 Å². The fraction of sp³-hybridized carbons (Fsp3) is 0.333. The summed E-state index contributed by atoms with van der Waals surface area (Å²) in [5.74, 6) is 5.82. The Morgan fingerprint density at radius 1 is 1.62 bits per heavy atom. The summed E-state index contributed by atoms with van der Waals surface area (Å²) in [7, 11) is 0. The molecule has 0 saturated carbocycles. The first-order valence-electron chi connectivity index (χ1n) is 6.04. The van der Waals surface area contributed by atoms with Crippen molar-refractivity contribution < 1.29 is 10.0 Å². The van der Waals surface area contributed by atoms with E-state index in [0.29, 0.717) is 20.1 Å². The number of urea groups is 1. The van der Waals surface area contributed by atoms with Gasteiger partial charge in [-0.05, 0) is 32.0 Å². The molecule has 1 fully saturated rings. The van der Waals surface area contributed by atoms with E-state index in [9.17, 15) is 10.0 Å². The number of nitrogens with zero attached hydrogens (tertiary/aromatic N) is 2. The molecule has 21 heavy (non-hydrogen) atoms. The maximum absolute atomic E-state index is 12.1. The summed E-state index contributed by atoms with van der Waals surface area (Å²) in [5, 5.41) is 15.0. The van der Waals surface area contributed by atoms with Gasteiger partial charge in [0.15, 0.2) is 10.5 Å². The van der Waals surface area contributed by atoms with Crippen molar-refractivity contribution in [2.45, 2.75) is 24.8 Å². The van der Waals surface area contributed by atoms with Crippen molar-refractivity contribution >= 4 is 51.6 Å². The minimum absolute atomic E-state index is 0.416. The number of rotatable bonds is 2. The number of benzene rings is 1. The molecule has 6 nitrogen and oxygen atoms in total. The van der Waals surface area contributed by atoms with E-state index in [1.54, 1.807) is 24.3 Å². The third-order valence-corrected chi connectivity index (χ3v) is 4.78. The van der Waals surface area contributed by atoms with Crippen molar-refractivity contribution in [2.24, 2.45) is 5.84 Å². The smallest absolute Gasteiger partial charge is 0.306 e. The van der Waals surface area contributed by atoms with Crippen LogP contribution < -0.4 is 11.2 Å². The molecule has 1 saturated heterocycles. The molecule has 1 unspecified atom stereocenters. The summed E-state index contributed by atoms with van der Waals surface area (Å²) in [6.45, 7) is 3.69. The molecule has 2 amide bonds. The Balaban J connectivity index is 2.14. The highest BCUT2D eigenvalue weighted by Gasteiger charge is 2.48. The number of amides is 2. The lowest BCUT2D eigenvalue weighted by molar-refractivity contribution is -0.114. The molecule has 0 bridgehead atoms. The van der Waals surface area contributed by atoms with Gasteiger partial charge in [-0.15, -0.1) is 0 Å². The van der Waals surface area contributed by atoms with E-state index in [1.165, 1.54) is 16.8 Å². The molecule has 1 aromatic rings. The van der Waals surface area contributed by atoms with Gasteiger partial charge in [0, 0.05) is 10.7 Å². The van der Waals surface area contributed by atoms with Crippen LogP contribution in [-0.4, -0.2) is 36.5 Å². The average Bonchev–Trinajstić information content (AvgIpc) is 2.57. The number of anilines is 1. The number of thioether (sulfide) groups is 1. The van der Waals surface area contributed by atoms with Gasteiger partial charge in [-0.2, -0.15) is 5.06 Å². The van der Waals surface area contributed by atoms with Crippen LogP contribution in [0.2, 0.25) is 5.02 Å². The van der Waals surface area contributed by atoms with E-state index in [4.69, 9.17) is 29.7 Å². The number of nitrogens with two attached hydrogens (primary N) is 1. The summed E-state index contributed by atoms with van der Waals surface area (Å²) in [5.41, 5.74) is 0.473. The van der Waals surface area contributed by atoms with Crippen LogP contribution in [0.3, 0.4) is 0 Å². The van der Waals surface area contributed by atoms with E-state index in [1.807, 2.05) is 13.8 Å². The van der Waals surface area contributed by atoms with Gasteiger partial charge in [0.2, 0.25) is 0 Å². The van der Waals surface area contributed by atoms with Gasteiger partial charge in [-0.25, -0.2) is 10.6 Å². The fourth-order valence-corrected chi connectivity index (χ4v) is 3.94. The van der Waals surface area contributed by atoms with Crippen molar-refractivity contribution in [3.63, 3.8) is 0 Å². The van der Waals surface area contributed by atoms with Crippen LogP contribution in [0.5, 0.6) is 0 Å². The topological polar surface area (TPSA) is 81.8 Å². The first kappa shape index (κ1) is 16.3. The Morgan fingerprint density at radius 3 is 2.81 bits per heavy atom. The van der Waals surface area contributed by atoms with Gasteiger partial charge in [-0.1, -0.05) is 41.6 Å². The van der Waals surface area contributed by atoms with E-state index < -0.39 is 16.9 Å². The predicted octanol–water partition coefficient (Wildman–Crippen LogP) is 2.88. The molecule has 1 heterocycles. The van der Waals surface area contributed by atoms with Crippen molar-refractivity contribution in [1.29, 1.82) is 0 Å². The highest BCUT2D eigenvalue weighted by Crippen LogP contribution is 2.40. The largest absolute Gasteiger partial charge is 0.347 e. The lowest BCUT2D eigenvalue weighted by Gasteiger charge is -2.34. The first-order valence-corrected chi connectivity index (χ1v) is 7.64. The number of hydroxylamine groups is 2. The second-order valence-corrected chi connectivity index (χ2v) is 7.76. The summed E-state index contributed by atoms with van der Waals surface area (Å²) < 4.78 is -0.119. The van der Waals surface area contributed by atoms with Crippen molar-refractivity contribution in [3.05, 3.63) is 29.3 Å². The van der Waals surface area contributed by atoms with E-state index >= 15 is 0 Å². The van der Waals surface area contributed by atoms with Crippen LogP contribution in [0.15, 0.2) is 24.3 Å². The van der Waals surface area contributed by atoms with E-state index in [2.05, 4.69) is 5.32 Å².